The van der Waals surface area contributed by atoms with Crippen molar-refractivity contribution in [3.05, 3.63) is 23.3 Å². The molecule has 0 aromatic carbocycles. The molecule has 96 valence electrons. The molecule has 1 heterocycles. The van der Waals surface area contributed by atoms with E-state index in [-0.39, 0.29) is 28.5 Å². The Kier molecular flexibility index (Phi) is 3.02. The summed E-state index contributed by atoms with van der Waals surface area (Å²) in [6.07, 6.45) is 0.772. The van der Waals surface area contributed by atoms with Crippen molar-refractivity contribution in [3.63, 3.8) is 0 Å². The maximum atomic E-state index is 11.8. The summed E-state index contributed by atoms with van der Waals surface area (Å²) in [6.45, 7) is 5.59. The van der Waals surface area contributed by atoms with Gasteiger partial charge in [0.15, 0.2) is 11.5 Å². The highest BCUT2D eigenvalue weighted by atomic mass is 16.5. The van der Waals surface area contributed by atoms with Gasteiger partial charge in [0.25, 0.3) is 0 Å². The van der Waals surface area contributed by atoms with Gasteiger partial charge in [-0.3, -0.25) is 4.79 Å². The Morgan fingerprint density at radius 3 is 2.67 bits per heavy atom. The van der Waals surface area contributed by atoms with E-state index in [1.165, 1.54) is 0 Å². The average Bonchev–Trinajstić information content (AvgIpc) is 2.61. The van der Waals surface area contributed by atoms with E-state index in [2.05, 4.69) is 15.4 Å². The Morgan fingerprint density at radius 2 is 2.11 bits per heavy atom. The molecule has 6 nitrogen and oxygen atoms in total. The van der Waals surface area contributed by atoms with Crippen LogP contribution in [0.5, 0.6) is 0 Å². The first-order valence-electron chi connectivity index (χ1n) is 5.68. The Hall–Kier alpha value is -1.98. The molecule has 0 fully saturated rings. The van der Waals surface area contributed by atoms with Crippen LogP contribution in [0.1, 0.15) is 32.4 Å². The summed E-state index contributed by atoms with van der Waals surface area (Å²) in [4.78, 5) is 11.8. The van der Waals surface area contributed by atoms with Gasteiger partial charge in [0.2, 0.25) is 5.82 Å². The number of carbonyl (C=O) groups excluding carboxylic acids is 1. The first-order chi connectivity index (χ1) is 8.37. The lowest BCUT2D eigenvalue weighted by Crippen LogP contribution is -2.25. The van der Waals surface area contributed by atoms with Crippen LogP contribution in [0.15, 0.2) is 32.3 Å². The van der Waals surface area contributed by atoms with Gasteiger partial charge in [-0.05, 0) is 12.3 Å². The van der Waals surface area contributed by atoms with E-state index in [1.807, 2.05) is 13.8 Å². The van der Waals surface area contributed by atoms with E-state index in [1.54, 1.807) is 13.0 Å². The number of allylic oxidation sites excluding steroid dienone is 2. The number of ketones is 1. The lowest BCUT2D eigenvalue weighted by molar-refractivity contribution is -0.118. The number of rotatable bonds is 2. The second-order valence-electron chi connectivity index (χ2n) is 5.23. The highest BCUT2D eigenvalue weighted by molar-refractivity contribution is 5.96. The van der Waals surface area contributed by atoms with Gasteiger partial charge in [0, 0.05) is 18.9 Å². The first kappa shape index (κ1) is 12.5. The summed E-state index contributed by atoms with van der Waals surface area (Å²) in [5, 5.41) is 21.0. The van der Waals surface area contributed by atoms with Gasteiger partial charge >= 0.3 is 0 Å². The topological polar surface area (TPSA) is 88.0 Å². The van der Waals surface area contributed by atoms with E-state index in [0.29, 0.717) is 18.6 Å². The molecule has 1 aliphatic carbocycles. The van der Waals surface area contributed by atoms with Gasteiger partial charge in [0.1, 0.15) is 11.5 Å². The molecule has 1 aromatic heterocycles. The quantitative estimate of drug-likeness (QED) is 0.815. The van der Waals surface area contributed by atoms with E-state index in [4.69, 9.17) is 4.52 Å². The zero-order valence-electron chi connectivity index (χ0n) is 10.6. The molecule has 0 spiro atoms. The van der Waals surface area contributed by atoms with E-state index >= 15 is 0 Å². The van der Waals surface area contributed by atoms with Crippen LogP contribution in [-0.4, -0.2) is 16.0 Å². The average molecular weight is 249 g/mol. The zero-order valence-corrected chi connectivity index (χ0v) is 10.6. The van der Waals surface area contributed by atoms with Crippen molar-refractivity contribution in [2.24, 2.45) is 15.6 Å². The van der Waals surface area contributed by atoms with Crippen LogP contribution in [0.4, 0.5) is 5.82 Å². The number of aliphatic hydroxyl groups excluding tert-OH is 1. The third-order valence-electron chi connectivity index (χ3n) is 2.69. The summed E-state index contributed by atoms with van der Waals surface area (Å²) in [6, 6.07) is 1.60. The molecular formula is C12H15N3O3. The molecule has 0 saturated heterocycles. The molecule has 1 N–H and O–H groups in total. The van der Waals surface area contributed by atoms with Crippen LogP contribution in [0.25, 0.3) is 0 Å². The molecule has 1 aliphatic rings. The molecular weight excluding hydrogens is 234 g/mol. The van der Waals surface area contributed by atoms with Crippen LogP contribution in [-0.2, 0) is 4.79 Å². The summed E-state index contributed by atoms with van der Waals surface area (Å²) < 4.78 is 4.82. The number of Topliss-reactive ketones (excluding diaryl/α,β-unsaturated/α-hetero) is 1. The van der Waals surface area contributed by atoms with Crippen molar-refractivity contribution in [2.75, 3.05) is 0 Å². The maximum absolute atomic E-state index is 11.8. The van der Waals surface area contributed by atoms with Crippen LogP contribution >= 0.6 is 0 Å². The zero-order chi connectivity index (χ0) is 13.3. The smallest absolute Gasteiger partial charge is 0.216 e. The van der Waals surface area contributed by atoms with Gasteiger partial charge < -0.3 is 9.63 Å². The number of carbonyl (C=O) groups is 1. The Balaban J connectivity index is 2.23. The number of aryl methyl sites for hydroxylation is 1. The van der Waals surface area contributed by atoms with Crippen LogP contribution in [0, 0.1) is 12.3 Å². The van der Waals surface area contributed by atoms with Crippen molar-refractivity contribution < 1.29 is 14.4 Å². The van der Waals surface area contributed by atoms with E-state index < -0.39 is 0 Å². The van der Waals surface area contributed by atoms with Crippen molar-refractivity contribution in [1.82, 2.24) is 5.16 Å². The summed E-state index contributed by atoms with van der Waals surface area (Å²) >= 11 is 0. The van der Waals surface area contributed by atoms with Crippen molar-refractivity contribution >= 4 is 11.6 Å². The Bertz CT molecular complexity index is 541. The van der Waals surface area contributed by atoms with Gasteiger partial charge in [-0.1, -0.05) is 19.0 Å². The number of nitrogens with zero attached hydrogens (tertiary/aromatic N) is 3. The molecule has 0 atom stereocenters. The van der Waals surface area contributed by atoms with Gasteiger partial charge in [-0.15, -0.1) is 10.2 Å². The van der Waals surface area contributed by atoms with Crippen LogP contribution in [0.2, 0.25) is 0 Å². The third kappa shape index (κ3) is 2.64. The second kappa shape index (κ2) is 4.36. The molecule has 0 bridgehead atoms. The monoisotopic (exact) mass is 249 g/mol. The standard InChI is InChI=1S/C12H15N3O3/c1-7-4-10(15-18-7)13-14-11-8(16)5-12(2,3)6-9(11)17/h4,16H,5-6H2,1-3H3. The predicted molar refractivity (Wildman–Crippen MR) is 63.4 cm³/mol. The van der Waals surface area contributed by atoms with Gasteiger partial charge in [0.05, 0.1) is 0 Å². The fraction of sp³-hybridized carbons (Fsp3) is 0.500. The minimum absolute atomic E-state index is 0.0137. The van der Waals surface area contributed by atoms with Crippen molar-refractivity contribution in [2.45, 2.75) is 33.6 Å². The van der Waals surface area contributed by atoms with Gasteiger partial charge in [-0.25, -0.2) is 0 Å². The largest absolute Gasteiger partial charge is 0.510 e. The summed E-state index contributed by atoms with van der Waals surface area (Å²) in [7, 11) is 0. The Labute approximate surface area is 104 Å². The fourth-order valence-electron chi connectivity index (χ4n) is 1.89. The van der Waals surface area contributed by atoms with E-state index in [9.17, 15) is 9.90 Å². The molecule has 0 saturated carbocycles. The first-order valence-corrected chi connectivity index (χ1v) is 5.68. The third-order valence-corrected chi connectivity index (χ3v) is 2.69. The SMILES string of the molecule is Cc1cc(N=NC2=C(O)CC(C)(C)CC2=O)no1. The second-order valence-corrected chi connectivity index (χ2v) is 5.23. The highest BCUT2D eigenvalue weighted by Crippen LogP contribution is 2.36. The maximum Gasteiger partial charge on any atom is 0.216 e. The lowest BCUT2D eigenvalue weighted by atomic mass is 9.78. The molecule has 2 rings (SSSR count). The van der Waals surface area contributed by atoms with Gasteiger partial charge in [-0.2, -0.15) is 0 Å². The summed E-state index contributed by atoms with van der Waals surface area (Å²) in [5.74, 6) is 0.677. The number of aliphatic hydroxyl groups is 1. The lowest BCUT2D eigenvalue weighted by Gasteiger charge is -2.27. The fourth-order valence-corrected chi connectivity index (χ4v) is 1.89. The predicted octanol–water partition coefficient (Wildman–Crippen LogP) is 3.23. The van der Waals surface area contributed by atoms with Crippen LogP contribution < -0.4 is 0 Å². The minimum atomic E-state index is -0.231. The number of azo groups is 1. The highest BCUT2D eigenvalue weighted by Gasteiger charge is 2.33. The normalized spacial score (nSPS) is 19.8. The van der Waals surface area contributed by atoms with Crippen molar-refractivity contribution in [1.29, 1.82) is 0 Å². The molecule has 1 aromatic rings. The number of aromatic nitrogens is 1. The number of hydrogen-bond acceptors (Lipinski definition) is 6. The minimum Gasteiger partial charge on any atom is -0.510 e. The molecule has 0 unspecified atom stereocenters. The molecule has 0 amide bonds. The Morgan fingerprint density at radius 1 is 1.39 bits per heavy atom. The molecule has 0 radical (unpaired) electrons. The molecule has 0 aliphatic heterocycles. The van der Waals surface area contributed by atoms with E-state index in [0.717, 1.165) is 0 Å². The summed E-state index contributed by atoms with van der Waals surface area (Å²) in [5.41, 5.74) is -0.208. The number of hydrogen-bond donors (Lipinski definition) is 1. The molecule has 6 heteroatoms. The van der Waals surface area contributed by atoms with Crippen molar-refractivity contribution in [3.8, 4) is 0 Å². The molecule has 18 heavy (non-hydrogen) atoms. The van der Waals surface area contributed by atoms with Crippen LogP contribution in [0.3, 0.4) is 0 Å².